The molecule has 1 N–H and O–H groups in total. The van der Waals surface area contributed by atoms with Gasteiger partial charge in [0.15, 0.2) is 5.69 Å². The number of hydrogen-bond acceptors (Lipinski definition) is 3. The van der Waals surface area contributed by atoms with Gasteiger partial charge in [0, 0.05) is 5.39 Å². The van der Waals surface area contributed by atoms with Gasteiger partial charge in [-0.05, 0) is 18.6 Å². The largest absolute Gasteiger partial charge is 0.456 e. The van der Waals surface area contributed by atoms with Gasteiger partial charge in [-0.15, -0.1) is 0 Å². The van der Waals surface area contributed by atoms with Crippen molar-refractivity contribution in [3.05, 3.63) is 42.1 Å². The van der Waals surface area contributed by atoms with Gasteiger partial charge in [0.25, 0.3) is 0 Å². The molecule has 0 aliphatic rings. The van der Waals surface area contributed by atoms with Crippen LogP contribution < -0.4 is 0 Å². The fourth-order valence-electron chi connectivity index (χ4n) is 1.38. The molecule has 2 aromatic rings. The van der Waals surface area contributed by atoms with Crippen LogP contribution in [0, 0.1) is 0 Å². The molecule has 82 valence electrons. The Hall–Kier alpha value is -2.10. The van der Waals surface area contributed by atoms with Gasteiger partial charge < -0.3 is 4.74 Å². The average molecular weight is 216 g/mol. The summed E-state index contributed by atoms with van der Waals surface area (Å²) < 4.78 is 5.03. The maximum absolute atomic E-state index is 11.7. The molecule has 16 heavy (non-hydrogen) atoms. The van der Waals surface area contributed by atoms with Crippen LogP contribution in [-0.4, -0.2) is 22.8 Å². The zero-order valence-electron chi connectivity index (χ0n) is 8.99. The third-order valence-corrected chi connectivity index (χ3v) is 2.11. The van der Waals surface area contributed by atoms with Crippen LogP contribution in [0.1, 0.15) is 17.4 Å². The summed E-state index contributed by atoms with van der Waals surface area (Å²) in [6.45, 7) is 5.69. The Balaban J connectivity index is 2.26. The molecule has 4 nitrogen and oxygen atoms in total. The van der Waals surface area contributed by atoms with Gasteiger partial charge >= 0.3 is 5.97 Å². The number of para-hydroxylation sites is 1. The second-order valence-electron chi connectivity index (χ2n) is 3.65. The zero-order valence-corrected chi connectivity index (χ0v) is 8.99. The molecule has 4 heteroatoms. The number of benzene rings is 1. The first-order valence-electron chi connectivity index (χ1n) is 4.93. The average Bonchev–Trinajstić information content (AvgIpc) is 2.69. The molecule has 0 unspecified atom stereocenters. The fraction of sp³-hybridized carbons (Fsp3) is 0.167. The van der Waals surface area contributed by atoms with E-state index in [2.05, 4.69) is 16.8 Å². The molecule has 0 aliphatic carbocycles. The number of carbonyl (C=O) groups is 1. The molecule has 2 rings (SSSR count). The molecular formula is C12H12N2O2. The Labute approximate surface area is 92.9 Å². The summed E-state index contributed by atoms with van der Waals surface area (Å²) in [6, 6.07) is 7.42. The summed E-state index contributed by atoms with van der Waals surface area (Å²) in [4.78, 5) is 11.7. The predicted octanol–water partition coefficient (Wildman–Crippen LogP) is 2.30. The molecule has 0 atom stereocenters. The van der Waals surface area contributed by atoms with Gasteiger partial charge in [-0.2, -0.15) is 5.10 Å². The van der Waals surface area contributed by atoms with Crippen molar-refractivity contribution in [1.29, 1.82) is 0 Å². The van der Waals surface area contributed by atoms with Gasteiger partial charge in [-0.1, -0.05) is 24.8 Å². The highest BCUT2D eigenvalue weighted by Crippen LogP contribution is 2.15. The molecule has 1 aromatic carbocycles. The van der Waals surface area contributed by atoms with E-state index in [1.165, 1.54) is 0 Å². The molecule has 0 radical (unpaired) electrons. The van der Waals surface area contributed by atoms with Crippen LogP contribution in [0.4, 0.5) is 0 Å². The minimum Gasteiger partial charge on any atom is -0.456 e. The highest BCUT2D eigenvalue weighted by atomic mass is 16.5. The van der Waals surface area contributed by atoms with Crippen molar-refractivity contribution in [1.82, 2.24) is 10.2 Å². The number of carbonyl (C=O) groups excluding carboxylic acids is 1. The van der Waals surface area contributed by atoms with Crippen LogP contribution in [0.3, 0.4) is 0 Å². The summed E-state index contributed by atoms with van der Waals surface area (Å²) in [5.41, 5.74) is 1.94. The summed E-state index contributed by atoms with van der Waals surface area (Å²) in [7, 11) is 0. The second kappa shape index (κ2) is 4.18. The SMILES string of the molecule is C=C(C)COC(=O)c1n[nH]c2ccccc12. The summed E-state index contributed by atoms with van der Waals surface area (Å²) in [5.74, 6) is -0.430. The Morgan fingerprint density at radius 1 is 1.50 bits per heavy atom. The van der Waals surface area contributed by atoms with Crippen molar-refractivity contribution in [2.24, 2.45) is 0 Å². The van der Waals surface area contributed by atoms with Crippen LogP contribution in [0.5, 0.6) is 0 Å². The van der Waals surface area contributed by atoms with Gasteiger partial charge in [-0.25, -0.2) is 4.79 Å². The second-order valence-corrected chi connectivity index (χ2v) is 3.65. The number of nitrogens with one attached hydrogen (secondary N) is 1. The van der Waals surface area contributed by atoms with Gasteiger partial charge in [0.05, 0.1) is 5.52 Å². The summed E-state index contributed by atoms with van der Waals surface area (Å²) in [5, 5.41) is 7.50. The molecule has 1 heterocycles. The van der Waals surface area contributed by atoms with Gasteiger partial charge in [0.1, 0.15) is 6.61 Å². The number of hydrogen-bond donors (Lipinski definition) is 1. The van der Waals surface area contributed by atoms with E-state index in [0.717, 1.165) is 16.5 Å². The normalized spacial score (nSPS) is 10.3. The van der Waals surface area contributed by atoms with Crippen molar-refractivity contribution in [2.75, 3.05) is 6.61 Å². The Bertz CT molecular complexity index is 543. The molecular weight excluding hydrogens is 204 g/mol. The number of rotatable bonds is 3. The number of aromatic amines is 1. The van der Waals surface area contributed by atoms with Gasteiger partial charge in [-0.3, -0.25) is 5.10 Å². The molecule has 0 amide bonds. The van der Waals surface area contributed by atoms with Crippen LogP contribution in [0.15, 0.2) is 36.4 Å². The number of aromatic nitrogens is 2. The third-order valence-electron chi connectivity index (χ3n) is 2.11. The zero-order chi connectivity index (χ0) is 11.5. The Kier molecular flexibility index (Phi) is 2.72. The highest BCUT2D eigenvalue weighted by Gasteiger charge is 2.14. The number of ether oxygens (including phenoxy) is 1. The molecule has 0 spiro atoms. The molecule has 0 aliphatic heterocycles. The lowest BCUT2D eigenvalue weighted by atomic mass is 10.2. The summed E-state index contributed by atoms with van der Waals surface area (Å²) >= 11 is 0. The highest BCUT2D eigenvalue weighted by molar-refractivity contribution is 6.01. The maximum Gasteiger partial charge on any atom is 0.359 e. The van der Waals surface area contributed by atoms with E-state index in [9.17, 15) is 4.79 Å². The maximum atomic E-state index is 11.7. The van der Waals surface area contributed by atoms with E-state index in [4.69, 9.17) is 4.74 Å². The first kappa shape index (κ1) is 10.4. The molecule has 0 saturated carbocycles. The van der Waals surface area contributed by atoms with Crippen molar-refractivity contribution in [3.8, 4) is 0 Å². The topological polar surface area (TPSA) is 55.0 Å². The fourth-order valence-corrected chi connectivity index (χ4v) is 1.38. The van der Waals surface area contributed by atoms with Crippen molar-refractivity contribution < 1.29 is 9.53 Å². The van der Waals surface area contributed by atoms with E-state index in [1.807, 2.05) is 24.3 Å². The van der Waals surface area contributed by atoms with E-state index < -0.39 is 5.97 Å². The van der Waals surface area contributed by atoms with Crippen LogP contribution in [0.2, 0.25) is 0 Å². The summed E-state index contributed by atoms with van der Waals surface area (Å²) in [6.07, 6.45) is 0. The van der Waals surface area contributed by atoms with Crippen LogP contribution in [-0.2, 0) is 4.74 Å². The smallest absolute Gasteiger partial charge is 0.359 e. The van der Waals surface area contributed by atoms with Gasteiger partial charge in [0.2, 0.25) is 0 Å². The van der Waals surface area contributed by atoms with Crippen molar-refractivity contribution in [2.45, 2.75) is 6.92 Å². The van der Waals surface area contributed by atoms with Crippen molar-refractivity contribution >= 4 is 16.9 Å². The van der Waals surface area contributed by atoms with Crippen molar-refractivity contribution in [3.63, 3.8) is 0 Å². The first-order valence-corrected chi connectivity index (χ1v) is 4.93. The quantitative estimate of drug-likeness (QED) is 0.632. The number of fused-ring (bicyclic) bond motifs is 1. The Morgan fingerprint density at radius 2 is 2.25 bits per heavy atom. The Morgan fingerprint density at radius 3 is 3.00 bits per heavy atom. The van der Waals surface area contributed by atoms with Crippen LogP contribution in [0.25, 0.3) is 10.9 Å². The predicted molar refractivity (Wildman–Crippen MR) is 61.2 cm³/mol. The number of esters is 1. The number of H-pyrrole nitrogens is 1. The minimum atomic E-state index is -0.430. The molecule has 1 aromatic heterocycles. The lowest BCUT2D eigenvalue weighted by Gasteiger charge is -2.01. The third kappa shape index (κ3) is 1.95. The van der Waals surface area contributed by atoms with E-state index in [0.29, 0.717) is 5.69 Å². The van der Waals surface area contributed by atoms with Crippen LogP contribution >= 0.6 is 0 Å². The minimum absolute atomic E-state index is 0.222. The monoisotopic (exact) mass is 216 g/mol. The van der Waals surface area contributed by atoms with E-state index in [-0.39, 0.29) is 6.61 Å². The molecule has 0 bridgehead atoms. The standard InChI is InChI=1S/C12H12N2O2/c1-8(2)7-16-12(15)11-9-5-3-4-6-10(9)13-14-11/h3-6H,1,7H2,2H3,(H,13,14). The lowest BCUT2D eigenvalue weighted by Crippen LogP contribution is -2.07. The van der Waals surface area contributed by atoms with E-state index >= 15 is 0 Å². The molecule has 0 fully saturated rings. The van der Waals surface area contributed by atoms with E-state index in [1.54, 1.807) is 6.92 Å². The first-order chi connectivity index (χ1) is 7.68. The molecule has 0 saturated heterocycles. The lowest BCUT2D eigenvalue weighted by molar-refractivity contribution is 0.0536. The number of nitrogens with zero attached hydrogens (tertiary/aromatic N) is 1.